The predicted octanol–water partition coefficient (Wildman–Crippen LogP) is 2.34. The molecule has 0 fully saturated rings. The summed E-state index contributed by atoms with van der Waals surface area (Å²) in [4.78, 5) is 11.8. The first-order valence-electron chi connectivity index (χ1n) is 5.13. The van der Waals surface area contributed by atoms with Crippen LogP contribution in [-0.4, -0.2) is 23.2 Å². The van der Waals surface area contributed by atoms with Gasteiger partial charge in [0.25, 0.3) is 5.91 Å². The first kappa shape index (κ1) is 13.2. The molecule has 4 heteroatoms. The Hall–Kier alpha value is -0.870. The van der Waals surface area contributed by atoms with E-state index in [1.165, 1.54) is 0 Å². The molecule has 1 amide bonds. The highest BCUT2D eigenvalue weighted by atomic mass is 79.9. The second-order valence-corrected chi connectivity index (χ2v) is 5.23. The van der Waals surface area contributed by atoms with Crippen molar-refractivity contribution in [1.29, 1.82) is 0 Å². The number of nitrogens with one attached hydrogen (secondary N) is 1. The third-order valence-electron chi connectivity index (χ3n) is 2.30. The smallest absolute Gasteiger partial charge is 0.251 e. The first-order chi connectivity index (χ1) is 7.44. The number of carbonyl (C=O) groups is 1. The summed E-state index contributed by atoms with van der Waals surface area (Å²) in [5.41, 5.74) is 0.230. The maximum atomic E-state index is 11.8. The second-order valence-electron chi connectivity index (χ2n) is 4.32. The highest BCUT2D eigenvalue weighted by molar-refractivity contribution is 9.10. The quantitative estimate of drug-likeness (QED) is 0.892. The highest BCUT2D eigenvalue weighted by Gasteiger charge is 2.20. The Morgan fingerprint density at radius 3 is 2.44 bits per heavy atom. The van der Waals surface area contributed by atoms with Gasteiger partial charge in [0.2, 0.25) is 0 Å². The Bertz CT molecular complexity index is 360. The number of hydrogen-bond acceptors (Lipinski definition) is 2. The van der Waals surface area contributed by atoms with Gasteiger partial charge < -0.3 is 10.4 Å². The summed E-state index contributed by atoms with van der Waals surface area (Å²) in [6.45, 7) is 3.84. The van der Waals surface area contributed by atoms with Crippen molar-refractivity contribution in [3.63, 3.8) is 0 Å². The number of benzene rings is 1. The molecule has 2 N–H and O–H groups in total. The summed E-state index contributed by atoms with van der Waals surface area (Å²) >= 11 is 3.32. The van der Waals surface area contributed by atoms with Crippen LogP contribution in [0.25, 0.3) is 0 Å². The molecule has 0 radical (unpaired) electrons. The summed E-state index contributed by atoms with van der Waals surface area (Å²) < 4.78 is 0.943. The lowest BCUT2D eigenvalue weighted by atomic mass is 10.0. The minimum Gasteiger partial charge on any atom is -0.396 e. The van der Waals surface area contributed by atoms with Crippen molar-refractivity contribution in [2.24, 2.45) is 0 Å². The van der Waals surface area contributed by atoms with Crippen molar-refractivity contribution in [3.05, 3.63) is 34.3 Å². The van der Waals surface area contributed by atoms with Gasteiger partial charge in [-0.25, -0.2) is 0 Å². The number of aliphatic hydroxyl groups is 1. The predicted molar refractivity (Wildman–Crippen MR) is 67.4 cm³/mol. The molecule has 3 nitrogen and oxygen atoms in total. The van der Waals surface area contributed by atoms with Crippen molar-refractivity contribution in [1.82, 2.24) is 5.32 Å². The Kier molecular flexibility index (Phi) is 4.50. The Morgan fingerprint density at radius 1 is 1.38 bits per heavy atom. The normalized spacial score (nSPS) is 11.2. The Labute approximate surface area is 104 Å². The van der Waals surface area contributed by atoms with E-state index in [9.17, 15) is 4.79 Å². The van der Waals surface area contributed by atoms with Crippen LogP contribution in [0, 0.1) is 0 Å². The van der Waals surface area contributed by atoms with Crippen molar-refractivity contribution in [3.8, 4) is 0 Å². The largest absolute Gasteiger partial charge is 0.396 e. The van der Waals surface area contributed by atoms with Gasteiger partial charge in [-0.15, -0.1) is 0 Å². The fourth-order valence-corrected chi connectivity index (χ4v) is 1.59. The topological polar surface area (TPSA) is 49.3 Å². The van der Waals surface area contributed by atoms with E-state index in [0.717, 1.165) is 4.47 Å². The molecule has 1 aromatic rings. The Morgan fingerprint density at radius 2 is 1.94 bits per heavy atom. The van der Waals surface area contributed by atoms with Crippen LogP contribution in [0.15, 0.2) is 28.7 Å². The number of hydrogen-bond donors (Lipinski definition) is 2. The minimum absolute atomic E-state index is 0.0631. The summed E-state index contributed by atoms with van der Waals surface area (Å²) in [6, 6.07) is 7.17. The Balaban J connectivity index is 2.69. The maximum Gasteiger partial charge on any atom is 0.251 e. The molecular weight excluding hydrogens is 270 g/mol. The number of carbonyl (C=O) groups excluding carboxylic acids is 1. The molecular formula is C12H16BrNO2. The molecule has 0 aromatic heterocycles. The van der Waals surface area contributed by atoms with E-state index >= 15 is 0 Å². The van der Waals surface area contributed by atoms with Crippen molar-refractivity contribution in [2.75, 3.05) is 6.61 Å². The van der Waals surface area contributed by atoms with Gasteiger partial charge in [0.1, 0.15) is 0 Å². The van der Waals surface area contributed by atoms with Gasteiger partial charge in [-0.05, 0) is 44.5 Å². The summed E-state index contributed by atoms with van der Waals surface area (Å²) in [7, 11) is 0. The molecule has 88 valence electrons. The lowest BCUT2D eigenvalue weighted by Crippen LogP contribution is -2.44. The minimum atomic E-state index is -0.390. The van der Waals surface area contributed by atoms with Crippen LogP contribution in [0.2, 0.25) is 0 Å². The number of amides is 1. The van der Waals surface area contributed by atoms with Crippen molar-refractivity contribution < 1.29 is 9.90 Å². The lowest BCUT2D eigenvalue weighted by molar-refractivity contribution is 0.0899. The zero-order valence-corrected chi connectivity index (χ0v) is 11.0. The molecule has 0 aliphatic heterocycles. The zero-order chi connectivity index (χ0) is 12.2. The number of halogens is 1. The van der Waals surface area contributed by atoms with E-state index in [2.05, 4.69) is 21.2 Å². The fourth-order valence-electron chi connectivity index (χ4n) is 1.32. The van der Waals surface area contributed by atoms with Crippen molar-refractivity contribution in [2.45, 2.75) is 25.8 Å². The molecule has 0 spiro atoms. The van der Waals surface area contributed by atoms with Crippen molar-refractivity contribution >= 4 is 21.8 Å². The van der Waals surface area contributed by atoms with E-state index in [1.807, 2.05) is 26.0 Å². The zero-order valence-electron chi connectivity index (χ0n) is 9.46. The standard InChI is InChI=1S/C12H16BrNO2/c1-12(2,7-8-15)14-11(16)9-3-5-10(13)6-4-9/h3-6,15H,7-8H2,1-2H3,(H,14,16). The third-order valence-corrected chi connectivity index (χ3v) is 2.82. The molecule has 1 aromatic carbocycles. The van der Waals surface area contributed by atoms with E-state index in [1.54, 1.807) is 12.1 Å². The average Bonchev–Trinajstić information content (AvgIpc) is 2.17. The van der Waals surface area contributed by atoms with E-state index in [0.29, 0.717) is 12.0 Å². The molecule has 0 bridgehead atoms. The van der Waals surface area contributed by atoms with Crippen LogP contribution in [0.4, 0.5) is 0 Å². The molecule has 16 heavy (non-hydrogen) atoms. The molecule has 0 unspecified atom stereocenters. The van der Waals surface area contributed by atoms with Gasteiger partial charge in [-0.2, -0.15) is 0 Å². The van der Waals surface area contributed by atoms with Crippen LogP contribution in [0.3, 0.4) is 0 Å². The van der Waals surface area contributed by atoms with Crippen LogP contribution in [0.5, 0.6) is 0 Å². The fraction of sp³-hybridized carbons (Fsp3) is 0.417. The van der Waals surface area contributed by atoms with E-state index in [-0.39, 0.29) is 18.1 Å². The average molecular weight is 286 g/mol. The first-order valence-corrected chi connectivity index (χ1v) is 5.93. The highest BCUT2D eigenvalue weighted by Crippen LogP contribution is 2.13. The number of rotatable bonds is 4. The molecule has 0 aliphatic carbocycles. The summed E-state index contributed by atoms with van der Waals surface area (Å²) in [5.74, 6) is -0.119. The van der Waals surface area contributed by atoms with Crippen LogP contribution >= 0.6 is 15.9 Å². The molecule has 0 atom stereocenters. The second kappa shape index (κ2) is 5.46. The number of aliphatic hydroxyl groups excluding tert-OH is 1. The molecule has 1 rings (SSSR count). The SMILES string of the molecule is CC(C)(CCO)NC(=O)c1ccc(Br)cc1. The van der Waals surface area contributed by atoms with Gasteiger partial charge >= 0.3 is 0 Å². The summed E-state index contributed by atoms with van der Waals surface area (Å²) in [5, 5.41) is 11.7. The molecule has 0 heterocycles. The monoisotopic (exact) mass is 285 g/mol. The summed E-state index contributed by atoms with van der Waals surface area (Å²) in [6.07, 6.45) is 0.537. The van der Waals surface area contributed by atoms with Gasteiger partial charge in [0, 0.05) is 22.2 Å². The van der Waals surface area contributed by atoms with Crippen LogP contribution in [-0.2, 0) is 0 Å². The van der Waals surface area contributed by atoms with Gasteiger partial charge in [0.15, 0.2) is 0 Å². The lowest BCUT2D eigenvalue weighted by Gasteiger charge is -2.25. The van der Waals surface area contributed by atoms with E-state index in [4.69, 9.17) is 5.11 Å². The maximum absolute atomic E-state index is 11.8. The molecule has 0 saturated heterocycles. The van der Waals surface area contributed by atoms with Gasteiger partial charge in [-0.3, -0.25) is 4.79 Å². The van der Waals surface area contributed by atoms with Gasteiger partial charge in [0.05, 0.1) is 0 Å². The third kappa shape index (κ3) is 3.94. The molecule has 0 aliphatic rings. The van der Waals surface area contributed by atoms with Gasteiger partial charge in [-0.1, -0.05) is 15.9 Å². The van der Waals surface area contributed by atoms with Crippen LogP contribution in [0.1, 0.15) is 30.6 Å². The van der Waals surface area contributed by atoms with E-state index < -0.39 is 0 Å². The van der Waals surface area contributed by atoms with Crippen LogP contribution < -0.4 is 5.32 Å². The molecule has 0 saturated carbocycles.